The number of amides is 2. The van der Waals surface area contributed by atoms with Gasteiger partial charge in [0.15, 0.2) is 0 Å². The number of aryl methyl sites for hydroxylation is 1. The molecule has 37 heavy (non-hydrogen) atoms. The number of fused-ring (bicyclic) bond motifs is 1. The molecule has 2 aromatic carbocycles. The maximum Gasteiger partial charge on any atom is 0.490 e. The van der Waals surface area contributed by atoms with Crippen LogP contribution < -0.4 is 10.6 Å². The minimum atomic E-state index is -5.08. The van der Waals surface area contributed by atoms with Crippen molar-refractivity contribution in [3.8, 4) is 0 Å². The monoisotopic (exact) mass is 519 g/mol. The molecule has 1 aliphatic heterocycles. The van der Waals surface area contributed by atoms with E-state index in [-0.39, 0.29) is 23.9 Å². The van der Waals surface area contributed by atoms with Crippen LogP contribution in [0.2, 0.25) is 0 Å². The van der Waals surface area contributed by atoms with E-state index in [1.54, 1.807) is 13.1 Å². The third-order valence-corrected chi connectivity index (χ3v) is 5.85. The van der Waals surface area contributed by atoms with Crippen LogP contribution in [0.4, 0.5) is 13.2 Å². The second-order valence-electron chi connectivity index (χ2n) is 8.51. The van der Waals surface area contributed by atoms with E-state index in [9.17, 15) is 22.8 Å². The zero-order valence-electron chi connectivity index (χ0n) is 20.8. The van der Waals surface area contributed by atoms with E-state index in [4.69, 9.17) is 9.90 Å². The number of nitrogens with one attached hydrogen (secondary N) is 2. The Morgan fingerprint density at radius 2 is 1.57 bits per heavy atom. The van der Waals surface area contributed by atoms with Crippen molar-refractivity contribution in [2.45, 2.75) is 57.5 Å². The summed E-state index contributed by atoms with van der Waals surface area (Å²) in [5.74, 6) is -2.82. The topological polar surface area (TPSA) is 98.7 Å². The standard InChI is InChI=1S/C25H31N3O2.C2HF3O2/c1-3-23(26-2)25(30)27-22(14-13-19-9-5-4-6-10-19)15-16-24(29)28-17-20-11-7-8-12-21(20)18-28;3-2(4,5)1(6)7/h4-12,15-16,22-23,26H,3,13-14,17-18H2,1-2H3,(H,27,30);(H,6,7)/b16-15+;/t22-,23-;/m0./s1. The van der Waals surface area contributed by atoms with Crippen LogP contribution in [-0.4, -0.2) is 53.1 Å². The molecule has 7 nitrogen and oxygen atoms in total. The minimum Gasteiger partial charge on any atom is -0.475 e. The number of aliphatic carboxylic acids is 1. The molecule has 0 radical (unpaired) electrons. The van der Waals surface area contributed by atoms with Gasteiger partial charge in [0.25, 0.3) is 0 Å². The molecular formula is C27H32F3N3O4. The third-order valence-electron chi connectivity index (χ3n) is 5.85. The predicted octanol–water partition coefficient (Wildman–Crippen LogP) is 3.83. The zero-order chi connectivity index (χ0) is 27.4. The maximum atomic E-state index is 12.7. The van der Waals surface area contributed by atoms with Crippen LogP contribution in [0, 0.1) is 0 Å². The van der Waals surface area contributed by atoms with Gasteiger partial charge in [-0.2, -0.15) is 13.2 Å². The van der Waals surface area contributed by atoms with Crippen LogP contribution in [0.15, 0.2) is 66.7 Å². The van der Waals surface area contributed by atoms with E-state index < -0.39 is 12.1 Å². The molecule has 0 saturated carbocycles. The SMILES string of the molecule is CC[C@H](NC)C(=O)N[C@H](/C=C/C(=O)N1Cc2ccccc2C1)CCc1ccccc1.O=C(O)C(F)(F)F. The quantitative estimate of drug-likeness (QED) is 0.438. The van der Waals surface area contributed by atoms with E-state index >= 15 is 0 Å². The van der Waals surface area contributed by atoms with Crippen LogP contribution in [0.1, 0.15) is 36.5 Å². The summed E-state index contributed by atoms with van der Waals surface area (Å²) in [6.07, 6.45) is 0.648. The Morgan fingerprint density at radius 3 is 2.05 bits per heavy atom. The van der Waals surface area contributed by atoms with Crippen molar-refractivity contribution < 1.29 is 32.7 Å². The van der Waals surface area contributed by atoms with Gasteiger partial charge in [-0.3, -0.25) is 9.59 Å². The summed E-state index contributed by atoms with van der Waals surface area (Å²) >= 11 is 0. The first-order valence-corrected chi connectivity index (χ1v) is 11.9. The number of halogens is 3. The fourth-order valence-corrected chi connectivity index (χ4v) is 3.78. The lowest BCUT2D eigenvalue weighted by molar-refractivity contribution is -0.192. The van der Waals surface area contributed by atoms with Crippen LogP contribution >= 0.6 is 0 Å². The molecule has 2 aromatic rings. The van der Waals surface area contributed by atoms with Gasteiger partial charge in [-0.05, 0) is 43.0 Å². The molecule has 2 amide bonds. The van der Waals surface area contributed by atoms with Gasteiger partial charge in [0.05, 0.1) is 6.04 Å². The van der Waals surface area contributed by atoms with Gasteiger partial charge in [-0.15, -0.1) is 0 Å². The molecule has 0 aliphatic carbocycles. The van der Waals surface area contributed by atoms with E-state index in [1.165, 1.54) is 16.7 Å². The molecule has 1 heterocycles. The first-order chi connectivity index (χ1) is 17.5. The first-order valence-electron chi connectivity index (χ1n) is 11.9. The molecule has 3 N–H and O–H groups in total. The molecule has 0 unspecified atom stereocenters. The summed E-state index contributed by atoms with van der Waals surface area (Å²) in [5, 5.41) is 13.3. The number of benzene rings is 2. The second-order valence-corrected chi connectivity index (χ2v) is 8.51. The summed E-state index contributed by atoms with van der Waals surface area (Å²) in [6, 6.07) is 17.9. The minimum absolute atomic E-state index is 0.0224. The van der Waals surface area contributed by atoms with Crippen molar-refractivity contribution in [2.24, 2.45) is 0 Å². The van der Waals surface area contributed by atoms with Gasteiger partial charge in [-0.25, -0.2) is 4.79 Å². The second kappa shape index (κ2) is 14.2. The number of carboxylic acids is 1. The van der Waals surface area contributed by atoms with Gasteiger partial charge in [0.1, 0.15) is 0 Å². The summed E-state index contributed by atoms with van der Waals surface area (Å²) in [4.78, 5) is 36.0. The number of rotatable bonds is 9. The van der Waals surface area contributed by atoms with Gasteiger partial charge in [0.2, 0.25) is 11.8 Å². The lowest BCUT2D eigenvalue weighted by Gasteiger charge is -2.20. The smallest absolute Gasteiger partial charge is 0.475 e. The number of carbonyl (C=O) groups is 3. The van der Waals surface area contributed by atoms with Crippen LogP contribution in [0.5, 0.6) is 0 Å². The summed E-state index contributed by atoms with van der Waals surface area (Å²) in [7, 11) is 1.79. The first kappa shape index (κ1) is 29.6. The Hall–Kier alpha value is -3.66. The van der Waals surface area contributed by atoms with Crippen molar-refractivity contribution in [3.63, 3.8) is 0 Å². The molecular weight excluding hydrogens is 487 g/mol. The Kier molecular flexibility index (Phi) is 11.3. The van der Waals surface area contributed by atoms with E-state index in [0.717, 1.165) is 12.8 Å². The molecule has 2 atom stereocenters. The lowest BCUT2D eigenvalue weighted by Crippen LogP contribution is -2.46. The molecule has 1 aliphatic rings. The Balaban J connectivity index is 0.000000604. The van der Waals surface area contributed by atoms with Crippen LogP contribution in [-0.2, 0) is 33.9 Å². The number of alkyl halides is 3. The van der Waals surface area contributed by atoms with Crippen LogP contribution in [0.25, 0.3) is 0 Å². The highest BCUT2D eigenvalue weighted by Gasteiger charge is 2.38. The summed E-state index contributed by atoms with van der Waals surface area (Å²) < 4.78 is 31.7. The van der Waals surface area contributed by atoms with Gasteiger partial charge in [0, 0.05) is 25.2 Å². The number of hydrogen-bond acceptors (Lipinski definition) is 4. The lowest BCUT2D eigenvalue weighted by atomic mass is 10.0. The van der Waals surface area contributed by atoms with Gasteiger partial charge in [-0.1, -0.05) is 67.6 Å². The number of nitrogens with zero attached hydrogens (tertiary/aromatic N) is 1. The Morgan fingerprint density at radius 1 is 1.03 bits per heavy atom. The highest BCUT2D eigenvalue weighted by atomic mass is 19.4. The Labute approximate surface area is 214 Å². The number of likely N-dealkylation sites (N-methyl/N-ethyl adjacent to an activating group) is 1. The molecule has 10 heteroatoms. The maximum absolute atomic E-state index is 12.7. The molecule has 0 bridgehead atoms. The van der Waals surface area contributed by atoms with Gasteiger partial charge < -0.3 is 20.6 Å². The van der Waals surface area contributed by atoms with Crippen molar-refractivity contribution >= 4 is 17.8 Å². The molecule has 0 saturated heterocycles. The number of carboxylic acid groups (broad SMARTS) is 1. The van der Waals surface area contributed by atoms with E-state index in [2.05, 4.69) is 34.9 Å². The Bertz CT molecular complexity index is 1050. The zero-order valence-corrected chi connectivity index (χ0v) is 20.8. The summed E-state index contributed by atoms with van der Waals surface area (Å²) in [6.45, 7) is 3.25. The fraction of sp³-hybridized carbons (Fsp3) is 0.370. The molecule has 0 fully saturated rings. The van der Waals surface area contributed by atoms with Crippen molar-refractivity contribution in [1.29, 1.82) is 0 Å². The highest BCUT2D eigenvalue weighted by molar-refractivity contribution is 5.88. The largest absolute Gasteiger partial charge is 0.490 e. The fourth-order valence-electron chi connectivity index (χ4n) is 3.78. The number of hydrogen-bond donors (Lipinski definition) is 3. The van der Waals surface area contributed by atoms with Crippen LogP contribution in [0.3, 0.4) is 0 Å². The molecule has 200 valence electrons. The van der Waals surface area contributed by atoms with Crippen molar-refractivity contribution in [1.82, 2.24) is 15.5 Å². The molecule has 0 spiro atoms. The average Bonchev–Trinajstić information content (AvgIpc) is 3.31. The van der Waals surface area contributed by atoms with Gasteiger partial charge >= 0.3 is 12.1 Å². The van der Waals surface area contributed by atoms with Crippen molar-refractivity contribution in [2.75, 3.05) is 7.05 Å². The average molecular weight is 520 g/mol. The predicted molar refractivity (Wildman–Crippen MR) is 133 cm³/mol. The normalized spacial score (nSPS) is 14.4. The third kappa shape index (κ3) is 9.72. The number of carbonyl (C=O) groups excluding carboxylic acids is 2. The summed E-state index contributed by atoms with van der Waals surface area (Å²) in [5.41, 5.74) is 3.62. The highest BCUT2D eigenvalue weighted by Crippen LogP contribution is 2.22. The van der Waals surface area contributed by atoms with E-state index in [0.29, 0.717) is 19.5 Å². The van der Waals surface area contributed by atoms with Crippen molar-refractivity contribution in [3.05, 3.63) is 83.4 Å². The van der Waals surface area contributed by atoms with E-state index in [1.807, 2.05) is 48.2 Å². The molecule has 0 aromatic heterocycles. The molecule has 3 rings (SSSR count).